The zero-order chi connectivity index (χ0) is 26.6. The van der Waals surface area contributed by atoms with E-state index in [-0.39, 0.29) is 28.6 Å². The van der Waals surface area contributed by atoms with Crippen LogP contribution in [0.25, 0.3) is 0 Å². The summed E-state index contributed by atoms with van der Waals surface area (Å²) in [5.41, 5.74) is -2.96. The lowest BCUT2D eigenvalue weighted by Gasteiger charge is -2.39. The van der Waals surface area contributed by atoms with Crippen molar-refractivity contribution in [3.63, 3.8) is 0 Å². The molecule has 1 saturated carbocycles. The van der Waals surface area contributed by atoms with E-state index in [4.69, 9.17) is 12.2 Å². The maximum atomic E-state index is 13.3. The molecule has 2 nitrogen and oxygen atoms in total. The van der Waals surface area contributed by atoms with Gasteiger partial charge in [-0.05, 0) is 61.8 Å². The molecule has 3 aromatic carbocycles. The van der Waals surface area contributed by atoms with Crippen molar-refractivity contribution in [3.8, 4) is 0 Å². The third kappa shape index (κ3) is 7.02. The van der Waals surface area contributed by atoms with E-state index in [1.165, 1.54) is 10.6 Å². The van der Waals surface area contributed by atoms with Crippen LogP contribution in [0.4, 0.5) is 32.0 Å². The molecule has 10 heteroatoms. The van der Waals surface area contributed by atoms with Crippen LogP contribution in [0.2, 0.25) is 0 Å². The fourth-order valence-electron chi connectivity index (χ4n) is 4.66. The van der Waals surface area contributed by atoms with Crippen LogP contribution in [-0.2, 0) is 12.4 Å². The van der Waals surface area contributed by atoms with Crippen molar-refractivity contribution in [2.45, 2.75) is 49.7 Å². The smallest absolute Gasteiger partial charge is 0.359 e. The van der Waals surface area contributed by atoms with Crippen LogP contribution in [0.15, 0.2) is 78.9 Å². The van der Waals surface area contributed by atoms with Gasteiger partial charge in [0.25, 0.3) is 0 Å². The number of benzene rings is 3. The average Bonchev–Trinajstić information content (AvgIpc) is 2.85. The van der Waals surface area contributed by atoms with Gasteiger partial charge in [0.15, 0.2) is 5.11 Å². The quantitative estimate of drug-likeness (QED) is 0.195. The topological polar surface area (TPSA) is 24.1 Å². The van der Waals surface area contributed by atoms with Crippen LogP contribution >= 0.6 is 20.1 Å². The Morgan fingerprint density at radius 1 is 0.730 bits per heavy atom. The molecule has 1 fully saturated rings. The summed E-state index contributed by atoms with van der Waals surface area (Å²) in [7, 11) is -0.787. The Hall–Kier alpha value is -2.64. The normalized spacial score (nSPS) is 18.5. The van der Waals surface area contributed by atoms with Crippen molar-refractivity contribution < 1.29 is 26.3 Å². The number of thiocarbonyl (C=S) groups is 1. The van der Waals surface area contributed by atoms with Crippen molar-refractivity contribution in [2.75, 3.05) is 5.32 Å². The highest BCUT2D eigenvalue weighted by molar-refractivity contribution is 7.80. The van der Waals surface area contributed by atoms with Crippen molar-refractivity contribution in [2.24, 2.45) is 0 Å². The van der Waals surface area contributed by atoms with Crippen LogP contribution < -0.4 is 21.2 Å². The Morgan fingerprint density at radius 2 is 1.22 bits per heavy atom. The molecule has 0 unspecified atom stereocenters. The minimum atomic E-state index is -4.93. The number of nitrogens with one attached hydrogen (secondary N) is 2. The molecule has 1 aliphatic rings. The van der Waals surface area contributed by atoms with Crippen molar-refractivity contribution in [3.05, 3.63) is 90.0 Å². The summed E-state index contributed by atoms with van der Waals surface area (Å²) in [4.78, 5) is 0. The third-order valence-corrected chi connectivity index (χ3v) is 9.50. The number of halogens is 6. The monoisotopic (exact) mass is 554 g/mol. The van der Waals surface area contributed by atoms with E-state index in [0.717, 1.165) is 25.7 Å². The van der Waals surface area contributed by atoms with Gasteiger partial charge >= 0.3 is 12.4 Å². The average molecular weight is 555 g/mol. The number of rotatable bonds is 5. The van der Waals surface area contributed by atoms with Gasteiger partial charge in [-0.3, -0.25) is 0 Å². The molecule has 0 spiro atoms. The van der Waals surface area contributed by atoms with E-state index in [1.807, 2.05) is 36.4 Å². The molecule has 0 heterocycles. The van der Waals surface area contributed by atoms with Crippen LogP contribution in [-0.4, -0.2) is 16.8 Å². The largest absolute Gasteiger partial charge is 0.416 e. The van der Waals surface area contributed by atoms with E-state index >= 15 is 0 Å². The van der Waals surface area contributed by atoms with Gasteiger partial charge in [0.05, 0.1) is 11.1 Å². The van der Waals surface area contributed by atoms with Crippen LogP contribution in [0.3, 0.4) is 0 Å². The molecule has 2 atom stereocenters. The van der Waals surface area contributed by atoms with Crippen LogP contribution in [0.5, 0.6) is 0 Å². The zero-order valence-corrected chi connectivity index (χ0v) is 21.3. The number of hydrogen-bond donors (Lipinski definition) is 2. The molecule has 4 rings (SSSR count). The fourth-order valence-corrected chi connectivity index (χ4v) is 8.00. The van der Waals surface area contributed by atoms with Crippen LogP contribution in [0, 0.1) is 0 Å². The molecule has 0 amide bonds. The summed E-state index contributed by atoms with van der Waals surface area (Å²) in [5, 5.41) is 8.21. The minimum Gasteiger partial charge on any atom is -0.359 e. The van der Waals surface area contributed by atoms with E-state index in [2.05, 4.69) is 34.9 Å². The second kappa shape index (κ2) is 11.4. The molecule has 2 N–H and O–H groups in total. The third-order valence-electron chi connectivity index (χ3n) is 6.29. The van der Waals surface area contributed by atoms with Gasteiger partial charge in [0.1, 0.15) is 0 Å². The van der Waals surface area contributed by atoms with Gasteiger partial charge in [-0.2, -0.15) is 26.3 Å². The zero-order valence-electron chi connectivity index (χ0n) is 19.6. The maximum absolute atomic E-state index is 13.3. The lowest BCUT2D eigenvalue weighted by molar-refractivity contribution is -0.143. The molecule has 0 saturated heterocycles. The molecule has 0 bridgehead atoms. The van der Waals surface area contributed by atoms with Gasteiger partial charge in [-0.1, -0.05) is 73.5 Å². The predicted octanol–water partition coefficient (Wildman–Crippen LogP) is 7.45. The Morgan fingerprint density at radius 3 is 1.70 bits per heavy atom. The number of hydrogen-bond acceptors (Lipinski definition) is 1. The molecular formula is C27H25F6N2PS. The molecule has 0 aliphatic heterocycles. The van der Waals surface area contributed by atoms with E-state index in [0.29, 0.717) is 12.1 Å². The van der Waals surface area contributed by atoms with Gasteiger partial charge in [-0.15, -0.1) is 0 Å². The van der Waals surface area contributed by atoms with Gasteiger partial charge in [-0.25, -0.2) is 0 Å². The van der Waals surface area contributed by atoms with Crippen molar-refractivity contribution >= 4 is 41.5 Å². The van der Waals surface area contributed by atoms with E-state index < -0.39 is 31.4 Å². The molecule has 0 radical (unpaired) electrons. The first-order valence-corrected chi connectivity index (χ1v) is 13.6. The Bertz CT molecular complexity index is 1130. The SMILES string of the molecule is FC(F)(F)c1cc(NC(=S)N[C@@H]2CCCC[C@H]2P(c2ccccc2)c2ccccc2)cc(C(F)(F)F)c1. The molecule has 0 aromatic heterocycles. The summed E-state index contributed by atoms with van der Waals surface area (Å²) >= 11 is 5.39. The highest BCUT2D eigenvalue weighted by Gasteiger charge is 2.37. The highest BCUT2D eigenvalue weighted by atomic mass is 32.1. The summed E-state index contributed by atoms with van der Waals surface area (Å²) in [6, 6.07) is 21.6. The predicted molar refractivity (Wildman–Crippen MR) is 141 cm³/mol. The lowest BCUT2D eigenvalue weighted by atomic mass is 9.95. The summed E-state index contributed by atoms with van der Waals surface area (Å²) in [5.74, 6) is 0. The second-order valence-corrected chi connectivity index (χ2v) is 11.7. The fraction of sp³-hybridized carbons (Fsp3) is 0.296. The van der Waals surface area contributed by atoms with Gasteiger partial charge < -0.3 is 10.6 Å². The van der Waals surface area contributed by atoms with Crippen LogP contribution in [0.1, 0.15) is 36.8 Å². The first kappa shape index (κ1) is 27.4. The Labute approximate surface area is 218 Å². The van der Waals surface area contributed by atoms with Crippen molar-refractivity contribution in [1.29, 1.82) is 0 Å². The maximum Gasteiger partial charge on any atom is 0.416 e. The van der Waals surface area contributed by atoms with Gasteiger partial charge in [0.2, 0.25) is 0 Å². The summed E-state index contributed by atoms with van der Waals surface area (Å²) in [6.45, 7) is 0. The highest BCUT2D eigenvalue weighted by Crippen LogP contribution is 2.46. The standard InChI is InChI=1S/C27H25F6N2PS/c28-26(29,30)18-15-19(27(31,32)33)17-20(16-18)34-25(37)35-23-13-7-8-14-24(23)36(21-9-3-1-4-10-21)22-11-5-2-6-12-22/h1-6,9-12,15-17,23-24H,7-8,13-14H2,(H2,34,35,37)/t23-,24-/m1/s1. The molecular weight excluding hydrogens is 529 g/mol. The Balaban J connectivity index is 1.59. The molecule has 3 aromatic rings. The Kier molecular flexibility index (Phi) is 8.44. The second-order valence-electron chi connectivity index (χ2n) is 8.89. The molecule has 1 aliphatic carbocycles. The van der Waals surface area contributed by atoms with E-state index in [1.54, 1.807) is 0 Å². The van der Waals surface area contributed by atoms with Crippen molar-refractivity contribution in [1.82, 2.24) is 5.32 Å². The number of anilines is 1. The number of alkyl halides is 6. The van der Waals surface area contributed by atoms with Gasteiger partial charge in [0, 0.05) is 17.4 Å². The first-order chi connectivity index (χ1) is 17.5. The van der Waals surface area contributed by atoms with E-state index in [9.17, 15) is 26.3 Å². The summed E-state index contributed by atoms with van der Waals surface area (Å²) < 4.78 is 79.6. The lowest BCUT2D eigenvalue weighted by Crippen LogP contribution is -2.47. The minimum absolute atomic E-state index is 0.000391. The summed E-state index contributed by atoms with van der Waals surface area (Å²) in [6.07, 6.45) is -6.15. The first-order valence-electron chi connectivity index (χ1n) is 11.8. The molecule has 37 heavy (non-hydrogen) atoms. The molecule has 196 valence electrons.